The molecule has 8 nitrogen and oxygen atoms in total. The fraction of sp³-hybridized carbons (Fsp3) is 0.485. The number of aromatic hydroxyl groups is 1. The van der Waals surface area contributed by atoms with Crippen molar-refractivity contribution in [1.82, 2.24) is 0 Å². The number of ether oxygens (including phenoxy) is 4. The van der Waals surface area contributed by atoms with Crippen LogP contribution in [0.1, 0.15) is 255 Å². The number of esters is 1. The van der Waals surface area contributed by atoms with Gasteiger partial charge in [-0.2, -0.15) is 0 Å². The van der Waals surface area contributed by atoms with E-state index >= 15 is 13.9 Å². The molecule has 0 heterocycles. The molecule has 8 aromatic carbocycles. The van der Waals surface area contributed by atoms with Crippen molar-refractivity contribution in [3.8, 4) is 23.0 Å². The highest BCUT2D eigenvalue weighted by atomic mass is 31.2. The molecule has 1 N–H and O–H groups in total. The molecule has 5 aliphatic carbocycles. The molecule has 5 aliphatic rings. The van der Waals surface area contributed by atoms with Crippen LogP contribution in [-0.4, -0.2) is 36.5 Å². The Morgan fingerprint density at radius 2 is 0.853 bits per heavy atom. The average molecular weight is 1500 g/mol. The monoisotopic (exact) mass is 1500 g/mol. The summed E-state index contributed by atoms with van der Waals surface area (Å²) in [6.45, 7) is 39.0. The van der Waals surface area contributed by atoms with Crippen molar-refractivity contribution in [1.29, 1.82) is 0 Å². The van der Waals surface area contributed by atoms with Gasteiger partial charge in [0.15, 0.2) is 20.9 Å². The van der Waals surface area contributed by atoms with Crippen LogP contribution >= 0.6 is 14.3 Å². The average Bonchev–Trinajstić information content (AvgIpc) is 1.66. The van der Waals surface area contributed by atoms with E-state index in [4.69, 9.17) is 18.9 Å². The standard InChI is InChI=1S/C99H124O8P2/c1-65(2)31-30-32-66(3)86-43-44-87-85-42-41-75-61-80(45-47-98(75,16)88(85)46-48-99(86,87)17)107-89(100)62-104-91-69-49-67-53-76(94(4,5)6)54-68(90(67)101)50-70-56-78(96(10,11)12)59-73(92(70)105-63-108(102,81-33-22-18-23-34-81)82-35-24-19-25-36-82)52-74-60-79(97(13,14)15)58-72(51-71(91)57-77(55-69)95(7,8)9)93(74)106-64-109(103,83-37-26-20-27-38-83)84-39-28-21-29-40-84/h18-29,33-41,53-60,65-66,80,85-88,101H,30-32,42-52,61-64H2,1-17H3. The SMILES string of the molecule is CC(C)CCCC(C)C1CCC2C3CC=C4CC(OC(=O)COc5c6cc(C(C)(C)C)cc5Cc5cc(C(C)(C)C)cc(c5OCP(=O)(c5ccccc5)c5ccccc5)Cc5cc(C(C)(C)C)cc(c5OCP(=O)(c5ccccc5)c5ccccc5)Cc5cc(C(C)(C)C)cc(c5O)C6)CCC4(C)C3CCC12C. The minimum absolute atomic E-state index is 0.0933. The predicted molar refractivity (Wildman–Crippen MR) is 452 cm³/mol. The fourth-order valence-electron chi connectivity index (χ4n) is 19.9. The Bertz CT molecular complexity index is 4630. The third-order valence-electron chi connectivity index (χ3n) is 26.4. The Balaban J connectivity index is 0.937. The van der Waals surface area contributed by atoms with Crippen molar-refractivity contribution in [2.45, 2.75) is 242 Å². The third-order valence-corrected chi connectivity index (χ3v) is 31.9. The van der Waals surface area contributed by atoms with Crippen LogP contribution in [0.2, 0.25) is 0 Å². The summed E-state index contributed by atoms with van der Waals surface area (Å²) in [7, 11) is -7.03. The molecule has 0 aliphatic heterocycles. The second kappa shape index (κ2) is 31.3. The van der Waals surface area contributed by atoms with E-state index in [0.717, 1.165) is 116 Å². The van der Waals surface area contributed by atoms with Gasteiger partial charge in [-0.15, -0.1) is 0 Å². The van der Waals surface area contributed by atoms with Crippen molar-refractivity contribution < 1.29 is 38.0 Å². The number of phenolic OH excluding ortho intramolecular Hbond substituents is 1. The molecular formula is C99H124O8P2. The Morgan fingerprint density at radius 1 is 0.477 bits per heavy atom. The van der Waals surface area contributed by atoms with Gasteiger partial charge >= 0.3 is 5.97 Å². The quantitative estimate of drug-likeness (QED) is 0.0485. The molecule has 0 saturated heterocycles. The normalized spacial score (nSPS) is 22.0. The number of carbonyl (C=O) groups excluding carboxylic acids is 1. The molecule has 8 bridgehead atoms. The van der Waals surface area contributed by atoms with E-state index in [-0.39, 0.29) is 77.5 Å². The van der Waals surface area contributed by atoms with Gasteiger partial charge in [-0.1, -0.05) is 318 Å². The number of hydrogen-bond acceptors (Lipinski definition) is 8. The van der Waals surface area contributed by atoms with Crippen LogP contribution in [0.4, 0.5) is 0 Å². The van der Waals surface area contributed by atoms with Crippen LogP contribution < -0.4 is 35.4 Å². The van der Waals surface area contributed by atoms with E-state index < -0.39 is 20.3 Å². The number of hydrogen-bond donors (Lipinski definition) is 1. The molecule has 0 aromatic heterocycles. The van der Waals surface area contributed by atoms with Gasteiger partial charge in [0.1, 0.15) is 41.8 Å². The minimum atomic E-state index is -3.53. The predicted octanol–water partition coefficient (Wildman–Crippen LogP) is 23.3. The van der Waals surface area contributed by atoms with Gasteiger partial charge in [0.25, 0.3) is 0 Å². The molecule has 8 aromatic rings. The molecule has 0 spiro atoms. The first kappa shape index (κ1) is 79.7. The topological polar surface area (TPSA) is 108 Å². The zero-order valence-electron chi connectivity index (χ0n) is 68.7. The van der Waals surface area contributed by atoms with Crippen molar-refractivity contribution in [2.75, 3.05) is 19.3 Å². The molecule has 3 saturated carbocycles. The molecule has 0 radical (unpaired) electrons. The van der Waals surface area contributed by atoms with E-state index in [1.807, 2.05) is 121 Å². The van der Waals surface area contributed by atoms with Crippen LogP contribution in [0.3, 0.4) is 0 Å². The third kappa shape index (κ3) is 16.8. The van der Waals surface area contributed by atoms with Gasteiger partial charge in [-0.25, -0.2) is 4.79 Å². The molecule has 0 amide bonds. The van der Waals surface area contributed by atoms with Crippen molar-refractivity contribution in [2.24, 2.45) is 46.3 Å². The molecule has 10 heteroatoms. The largest absolute Gasteiger partial charge is 0.507 e. The first-order chi connectivity index (χ1) is 51.5. The zero-order valence-corrected chi connectivity index (χ0v) is 70.5. The summed E-state index contributed by atoms with van der Waals surface area (Å²) in [5.41, 5.74) is 11.3. The Labute approximate surface area is 654 Å². The summed E-state index contributed by atoms with van der Waals surface area (Å²) >= 11 is 0. The Hall–Kier alpha value is -7.37. The first-order valence-electron chi connectivity index (χ1n) is 41.1. The number of phenols is 1. The van der Waals surface area contributed by atoms with E-state index in [9.17, 15) is 5.11 Å². The summed E-state index contributed by atoms with van der Waals surface area (Å²) in [5, 5.41) is 16.1. The number of benzene rings is 8. The van der Waals surface area contributed by atoms with Gasteiger partial charge in [-0.3, -0.25) is 0 Å². The highest BCUT2D eigenvalue weighted by molar-refractivity contribution is 7.79. The van der Waals surface area contributed by atoms with Gasteiger partial charge in [0, 0.05) is 53.3 Å². The number of carbonyl (C=O) groups is 1. The lowest BCUT2D eigenvalue weighted by molar-refractivity contribution is -0.154. The summed E-state index contributed by atoms with van der Waals surface area (Å²) in [4.78, 5) is 15.1. The van der Waals surface area contributed by atoms with Crippen molar-refractivity contribution >= 4 is 41.5 Å². The number of fused-ring (bicyclic) bond motifs is 13. The van der Waals surface area contributed by atoms with E-state index in [2.05, 4.69) is 172 Å². The van der Waals surface area contributed by atoms with E-state index in [1.54, 1.807) is 0 Å². The molecule has 3 fully saturated rings. The van der Waals surface area contributed by atoms with Crippen molar-refractivity contribution in [3.05, 3.63) is 248 Å². The fourth-order valence-corrected chi connectivity index (χ4v) is 24.3. The minimum Gasteiger partial charge on any atom is -0.507 e. The summed E-state index contributed by atoms with van der Waals surface area (Å²) < 4.78 is 61.8. The molecule has 8 unspecified atom stereocenters. The first-order valence-corrected chi connectivity index (χ1v) is 44.8. The molecule has 8 atom stereocenters. The lowest BCUT2D eigenvalue weighted by Crippen LogP contribution is -2.51. The second-order valence-electron chi connectivity index (χ2n) is 38.5. The molecule has 109 heavy (non-hydrogen) atoms. The molecular weight excluding hydrogens is 1380 g/mol. The van der Waals surface area contributed by atoms with Gasteiger partial charge in [0.2, 0.25) is 0 Å². The second-order valence-corrected chi connectivity index (χ2v) is 44.1. The lowest BCUT2D eigenvalue weighted by Gasteiger charge is -2.58. The smallest absolute Gasteiger partial charge is 0.344 e. The maximum absolute atomic E-state index is 16.5. The Kier molecular flexibility index (Phi) is 22.9. The van der Waals surface area contributed by atoms with Gasteiger partial charge in [0.05, 0.1) is 0 Å². The van der Waals surface area contributed by atoms with Gasteiger partial charge < -0.3 is 33.2 Å². The maximum atomic E-state index is 16.5. The van der Waals surface area contributed by atoms with Crippen molar-refractivity contribution in [3.63, 3.8) is 0 Å². The van der Waals surface area contributed by atoms with Gasteiger partial charge in [-0.05, 0) is 180 Å². The van der Waals surface area contributed by atoms with Crippen LogP contribution in [0.15, 0.2) is 182 Å². The summed E-state index contributed by atoms with van der Waals surface area (Å²) in [5.74, 6) is 5.97. The zero-order chi connectivity index (χ0) is 77.8. The van der Waals surface area contributed by atoms with E-state index in [1.165, 1.54) is 50.5 Å². The highest BCUT2D eigenvalue weighted by Crippen LogP contribution is 2.68. The Morgan fingerprint density at radius 3 is 1.24 bits per heavy atom. The van der Waals surface area contributed by atoms with Crippen LogP contribution in [0.25, 0.3) is 0 Å². The van der Waals surface area contributed by atoms with Crippen LogP contribution in [-0.2, 0) is 66.0 Å². The maximum Gasteiger partial charge on any atom is 0.344 e. The van der Waals surface area contributed by atoms with E-state index in [0.29, 0.717) is 62.1 Å². The lowest BCUT2D eigenvalue weighted by atomic mass is 9.47. The number of rotatable bonds is 19. The molecule has 578 valence electrons. The highest BCUT2D eigenvalue weighted by Gasteiger charge is 2.59. The number of allylic oxidation sites excluding steroid dienone is 1. The van der Waals surface area contributed by atoms with Crippen LogP contribution in [0.5, 0.6) is 23.0 Å². The molecule has 13 rings (SSSR count). The van der Waals surface area contributed by atoms with Crippen LogP contribution in [0, 0.1) is 46.3 Å². The summed E-state index contributed by atoms with van der Waals surface area (Å²) in [6, 6.07) is 56.7. The summed E-state index contributed by atoms with van der Waals surface area (Å²) in [6.07, 6.45) is 16.2.